The lowest BCUT2D eigenvalue weighted by Gasteiger charge is -2.11. The van der Waals surface area contributed by atoms with Gasteiger partial charge in [-0.1, -0.05) is 72.8 Å². The van der Waals surface area contributed by atoms with Crippen LogP contribution >= 0.6 is 0 Å². The molecule has 0 spiro atoms. The maximum atomic E-state index is 7.08. The van der Waals surface area contributed by atoms with Gasteiger partial charge in [0.05, 0.1) is 32.8 Å². The Balaban J connectivity index is 1.43. The number of aromatic nitrogens is 2. The van der Waals surface area contributed by atoms with Crippen LogP contribution in [0.2, 0.25) is 0 Å². The number of para-hydroxylation sites is 4. The van der Waals surface area contributed by atoms with Gasteiger partial charge in [0, 0.05) is 10.8 Å². The minimum Gasteiger partial charge on any atom is -0.452 e. The maximum absolute atomic E-state index is 7.08. The highest BCUT2D eigenvalue weighted by atomic mass is 16.3. The van der Waals surface area contributed by atoms with Crippen LogP contribution < -0.4 is 0 Å². The molecule has 7 aromatic carbocycles. The fourth-order valence-electron chi connectivity index (χ4n) is 8.93. The Morgan fingerprint density at radius 3 is 1.22 bits per heavy atom. The third kappa shape index (κ3) is 3.45. The molecule has 50 heavy (non-hydrogen) atoms. The molecule has 0 fully saturated rings. The second-order valence-electron chi connectivity index (χ2n) is 13.9. The Hall–Kier alpha value is -6.26. The van der Waals surface area contributed by atoms with Crippen LogP contribution in [0.1, 0.15) is 22.3 Å². The predicted octanol–water partition coefficient (Wildman–Crippen LogP) is 12.9. The number of hydrogen-bond acceptors (Lipinski definition) is 2. The number of nitrogens with zero attached hydrogens (tertiary/aromatic N) is 2. The van der Waals surface area contributed by atoms with E-state index >= 15 is 0 Å². The summed E-state index contributed by atoms with van der Waals surface area (Å²) in [5.74, 6) is 0. The minimum atomic E-state index is 0.844. The van der Waals surface area contributed by atoms with E-state index in [0.717, 1.165) is 77.0 Å². The molecule has 11 rings (SSSR count). The molecule has 0 aliphatic rings. The smallest absolute Gasteiger partial charge is 0.162 e. The summed E-state index contributed by atoms with van der Waals surface area (Å²) in [6.45, 7) is 8.80. The van der Waals surface area contributed by atoms with Gasteiger partial charge in [-0.2, -0.15) is 0 Å². The molecular formula is C46H32N2O2. The molecule has 0 bridgehead atoms. The van der Waals surface area contributed by atoms with Crippen LogP contribution in [0.4, 0.5) is 0 Å². The quantitative estimate of drug-likeness (QED) is 0.176. The molecule has 4 nitrogen and oxygen atoms in total. The van der Waals surface area contributed by atoms with Crippen LogP contribution in [0.15, 0.2) is 130 Å². The van der Waals surface area contributed by atoms with Gasteiger partial charge in [-0.05, 0) is 121 Å². The van der Waals surface area contributed by atoms with E-state index in [1.165, 1.54) is 44.5 Å². The summed E-state index contributed by atoms with van der Waals surface area (Å²) in [7, 11) is 0. The third-order valence-corrected chi connectivity index (χ3v) is 11.0. The van der Waals surface area contributed by atoms with Crippen LogP contribution in [0, 0.1) is 27.7 Å². The molecule has 0 saturated heterocycles. The molecule has 0 amide bonds. The Morgan fingerprint density at radius 2 is 0.800 bits per heavy atom. The molecule has 4 heterocycles. The van der Waals surface area contributed by atoms with Gasteiger partial charge in [0.25, 0.3) is 0 Å². The first-order chi connectivity index (χ1) is 24.5. The molecule has 4 heteroatoms. The van der Waals surface area contributed by atoms with Gasteiger partial charge in [0.1, 0.15) is 11.0 Å². The number of aryl methyl sites for hydroxylation is 4. The van der Waals surface area contributed by atoms with E-state index in [1.54, 1.807) is 0 Å². The van der Waals surface area contributed by atoms with Crippen molar-refractivity contribution in [1.82, 2.24) is 8.80 Å². The fraction of sp³-hybridized carbons (Fsp3) is 0.0870. The predicted molar refractivity (Wildman–Crippen MR) is 208 cm³/mol. The first-order valence-corrected chi connectivity index (χ1v) is 17.3. The average molecular weight is 645 g/mol. The zero-order valence-corrected chi connectivity index (χ0v) is 28.3. The summed E-state index contributed by atoms with van der Waals surface area (Å²) in [6, 6.07) is 43.7. The summed E-state index contributed by atoms with van der Waals surface area (Å²) in [4.78, 5) is 0. The monoisotopic (exact) mass is 644 g/mol. The lowest BCUT2D eigenvalue weighted by molar-refractivity contribution is 0.653. The van der Waals surface area contributed by atoms with Crippen molar-refractivity contribution >= 4 is 77.0 Å². The van der Waals surface area contributed by atoms with Crippen molar-refractivity contribution in [2.75, 3.05) is 0 Å². The summed E-state index contributed by atoms with van der Waals surface area (Å²) < 4.78 is 19.0. The van der Waals surface area contributed by atoms with Gasteiger partial charge in [0.15, 0.2) is 22.3 Å². The molecule has 0 saturated carbocycles. The van der Waals surface area contributed by atoms with Crippen LogP contribution in [-0.4, -0.2) is 8.80 Å². The third-order valence-electron chi connectivity index (χ3n) is 11.0. The topological polar surface area (TPSA) is 35.1 Å². The Labute approximate surface area is 287 Å². The van der Waals surface area contributed by atoms with Gasteiger partial charge < -0.3 is 17.6 Å². The molecule has 4 aromatic heterocycles. The molecule has 0 unspecified atom stereocenters. The Kier molecular flexibility index (Phi) is 5.35. The highest BCUT2D eigenvalue weighted by molar-refractivity contribution is 6.35. The van der Waals surface area contributed by atoms with Gasteiger partial charge in [-0.15, -0.1) is 0 Å². The molecule has 0 aliphatic heterocycles. The standard InChI is InChI=1S/C46H32N2O2/c1-25-11-9-12-26(2)39(25)29-19-21-33-31(23-29)41-43-46(50-37-17-7-5-15-35(37)47(33)43)42-32-24-30(40-27(3)13-10-14-28(40)4)20-22-34(32)48-36-16-6-8-18-38(36)49-45(41)44(42)48/h5-24H,1-4H3. The highest BCUT2D eigenvalue weighted by Crippen LogP contribution is 2.49. The fourth-order valence-corrected chi connectivity index (χ4v) is 8.93. The zero-order valence-electron chi connectivity index (χ0n) is 28.3. The van der Waals surface area contributed by atoms with Crippen molar-refractivity contribution in [2.24, 2.45) is 0 Å². The van der Waals surface area contributed by atoms with Crippen LogP contribution in [0.3, 0.4) is 0 Å². The largest absolute Gasteiger partial charge is 0.452 e. The van der Waals surface area contributed by atoms with E-state index in [-0.39, 0.29) is 0 Å². The Bertz CT molecular complexity index is 2990. The molecule has 0 aliphatic carbocycles. The van der Waals surface area contributed by atoms with Gasteiger partial charge >= 0.3 is 0 Å². The normalized spacial score (nSPS) is 12.4. The van der Waals surface area contributed by atoms with Gasteiger partial charge in [-0.25, -0.2) is 0 Å². The van der Waals surface area contributed by atoms with Crippen molar-refractivity contribution in [3.8, 4) is 22.3 Å². The van der Waals surface area contributed by atoms with E-state index in [1.807, 2.05) is 0 Å². The summed E-state index contributed by atoms with van der Waals surface area (Å²) in [6.07, 6.45) is 0. The number of rotatable bonds is 2. The average Bonchev–Trinajstić information content (AvgIpc) is 3.65. The van der Waals surface area contributed by atoms with Crippen molar-refractivity contribution in [3.63, 3.8) is 0 Å². The summed E-state index contributed by atoms with van der Waals surface area (Å²) in [5.41, 5.74) is 19.8. The maximum Gasteiger partial charge on any atom is 0.162 e. The van der Waals surface area contributed by atoms with E-state index in [0.29, 0.717) is 0 Å². The number of hydrogen-bond donors (Lipinski definition) is 0. The SMILES string of the molecule is Cc1cccc(C)c1-c1ccc2c(c1)c1c3oc4ccccc4n4c5ccc(-c6c(C)cccc6C)cc5c(c5oc6ccccc6n2c51)c34. The lowest BCUT2D eigenvalue weighted by atomic mass is 9.94. The van der Waals surface area contributed by atoms with E-state index in [9.17, 15) is 0 Å². The van der Waals surface area contributed by atoms with E-state index in [2.05, 4.69) is 158 Å². The molecule has 238 valence electrons. The molecule has 0 N–H and O–H groups in total. The van der Waals surface area contributed by atoms with Crippen molar-refractivity contribution < 1.29 is 8.83 Å². The van der Waals surface area contributed by atoms with E-state index < -0.39 is 0 Å². The first-order valence-electron chi connectivity index (χ1n) is 17.3. The number of fused-ring (bicyclic) bond motifs is 12. The lowest BCUT2D eigenvalue weighted by Crippen LogP contribution is -1.93. The van der Waals surface area contributed by atoms with Gasteiger partial charge in [-0.3, -0.25) is 0 Å². The van der Waals surface area contributed by atoms with Crippen molar-refractivity contribution in [2.45, 2.75) is 27.7 Å². The highest BCUT2D eigenvalue weighted by Gasteiger charge is 2.28. The van der Waals surface area contributed by atoms with Crippen LogP contribution in [0.25, 0.3) is 99.2 Å². The van der Waals surface area contributed by atoms with Crippen LogP contribution in [0.5, 0.6) is 0 Å². The molecular weight excluding hydrogens is 613 g/mol. The molecule has 0 radical (unpaired) electrons. The summed E-state index contributed by atoms with van der Waals surface area (Å²) >= 11 is 0. The van der Waals surface area contributed by atoms with Crippen molar-refractivity contribution in [3.05, 3.63) is 144 Å². The minimum absolute atomic E-state index is 0.844. The zero-order chi connectivity index (χ0) is 33.4. The van der Waals surface area contributed by atoms with Crippen LogP contribution in [-0.2, 0) is 0 Å². The number of benzene rings is 7. The second-order valence-corrected chi connectivity index (χ2v) is 13.9. The molecule has 0 atom stereocenters. The van der Waals surface area contributed by atoms with Crippen molar-refractivity contribution in [1.29, 1.82) is 0 Å². The van der Waals surface area contributed by atoms with E-state index in [4.69, 9.17) is 8.83 Å². The molecule has 11 aromatic rings. The summed E-state index contributed by atoms with van der Waals surface area (Å²) in [5, 5.41) is 4.43. The second kappa shape index (κ2) is 9.67. The Morgan fingerprint density at radius 1 is 0.400 bits per heavy atom. The first kappa shape index (κ1) is 27.7. The van der Waals surface area contributed by atoms with Gasteiger partial charge in [0.2, 0.25) is 0 Å².